The molecule has 1 aliphatic rings. The molecule has 3 heterocycles. The van der Waals surface area contributed by atoms with Crippen LogP contribution in [0.25, 0.3) is 17.1 Å². The molecule has 0 saturated carbocycles. The van der Waals surface area contributed by atoms with E-state index in [1.54, 1.807) is 14.0 Å². The van der Waals surface area contributed by atoms with E-state index in [1.165, 1.54) is 5.57 Å². The minimum atomic E-state index is 0.157. The lowest BCUT2D eigenvalue weighted by Gasteiger charge is -2.33. The number of fused-ring (bicyclic) bond motifs is 1. The Kier molecular flexibility index (Phi) is 10.1. The van der Waals surface area contributed by atoms with Crippen LogP contribution in [0.2, 0.25) is 0 Å². The van der Waals surface area contributed by atoms with Crippen LogP contribution in [0.15, 0.2) is 5.57 Å². The smallest absolute Gasteiger partial charge is 0.219 e. The summed E-state index contributed by atoms with van der Waals surface area (Å²) in [5.41, 5.74) is 11.4. The summed E-state index contributed by atoms with van der Waals surface area (Å²) in [5, 5.41) is 0. The molecule has 35 heavy (non-hydrogen) atoms. The molecule has 0 aliphatic carbocycles. The minimum Gasteiger partial charge on any atom is -0.385 e. The summed E-state index contributed by atoms with van der Waals surface area (Å²) in [4.78, 5) is 23.9. The standard InChI is InChI=1S/C27H43N5O3/c1-19(2)18-23-20(3)29-27(28)25-26(23)32(24(30-25)10-6-9-15-34-5)14-8-7-13-31(21(4)33)22-11-16-35-17-12-22/h18,22H,6-17H2,1-5H3,(H2,28,29). The van der Waals surface area contributed by atoms with Crippen molar-refractivity contribution >= 4 is 28.8 Å². The average Bonchev–Trinajstić information content (AvgIpc) is 3.18. The number of methoxy groups -OCH3 is 1. The molecule has 0 aromatic carbocycles. The Hall–Kier alpha value is -2.45. The normalized spacial score (nSPS) is 14.4. The fourth-order valence-corrected chi connectivity index (χ4v) is 4.98. The monoisotopic (exact) mass is 485 g/mol. The van der Waals surface area contributed by atoms with Crippen molar-refractivity contribution < 1.29 is 14.3 Å². The number of carbonyl (C=O) groups is 1. The van der Waals surface area contributed by atoms with E-state index in [0.29, 0.717) is 11.9 Å². The first-order valence-corrected chi connectivity index (χ1v) is 13.0. The number of nitrogens with two attached hydrogens (primary N) is 1. The zero-order valence-corrected chi connectivity index (χ0v) is 22.2. The number of unbranched alkanes of at least 4 members (excludes halogenated alkanes) is 2. The van der Waals surface area contributed by atoms with Gasteiger partial charge in [0.15, 0.2) is 5.82 Å². The summed E-state index contributed by atoms with van der Waals surface area (Å²) in [6, 6.07) is 0.296. The number of nitrogens with zero attached hydrogens (tertiary/aromatic N) is 4. The summed E-state index contributed by atoms with van der Waals surface area (Å²) < 4.78 is 13.1. The van der Waals surface area contributed by atoms with Crippen molar-refractivity contribution in [3.8, 4) is 0 Å². The first-order valence-electron chi connectivity index (χ1n) is 13.0. The zero-order valence-electron chi connectivity index (χ0n) is 22.2. The number of rotatable bonds is 12. The number of aromatic nitrogens is 3. The van der Waals surface area contributed by atoms with Gasteiger partial charge in [-0.1, -0.05) is 11.6 Å². The molecule has 8 heteroatoms. The van der Waals surface area contributed by atoms with Crippen LogP contribution in [0.4, 0.5) is 5.82 Å². The molecular weight excluding hydrogens is 442 g/mol. The van der Waals surface area contributed by atoms with Crippen molar-refractivity contribution in [2.45, 2.75) is 85.2 Å². The van der Waals surface area contributed by atoms with E-state index in [1.807, 2.05) is 11.8 Å². The predicted molar refractivity (Wildman–Crippen MR) is 141 cm³/mol. The predicted octanol–water partition coefficient (Wildman–Crippen LogP) is 4.52. The van der Waals surface area contributed by atoms with Gasteiger partial charge in [-0.05, 0) is 59.3 Å². The van der Waals surface area contributed by atoms with E-state index in [0.717, 1.165) is 106 Å². The number of pyridine rings is 1. The molecule has 1 fully saturated rings. The maximum absolute atomic E-state index is 12.3. The highest BCUT2D eigenvalue weighted by Crippen LogP contribution is 2.29. The van der Waals surface area contributed by atoms with E-state index >= 15 is 0 Å². The van der Waals surface area contributed by atoms with Crippen LogP contribution in [0.3, 0.4) is 0 Å². The average molecular weight is 486 g/mol. The van der Waals surface area contributed by atoms with E-state index < -0.39 is 0 Å². The number of hydrogen-bond donors (Lipinski definition) is 1. The lowest BCUT2D eigenvalue weighted by Crippen LogP contribution is -2.42. The largest absolute Gasteiger partial charge is 0.385 e. The summed E-state index contributed by atoms with van der Waals surface area (Å²) in [6.07, 6.45) is 8.79. The minimum absolute atomic E-state index is 0.157. The molecule has 1 amide bonds. The Balaban J connectivity index is 1.83. The molecule has 2 aromatic heterocycles. The molecule has 1 saturated heterocycles. The molecule has 0 radical (unpaired) electrons. The second-order valence-electron chi connectivity index (χ2n) is 9.81. The number of anilines is 1. The van der Waals surface area contributed by atoms with Crippen LogP contribution in [0.1, 0.15) is 76.4 Å². The third kappa shape index (κ3) is 7.04. The van der Waals surface area contributed by atoms with Crippen molar-refractivity contribution in [2.24, 2.45) is 0 Å². The maximum Gasteiger partial charge on any atom is 0.219 e. The van der Waals surface area contributed by atoms with E-state index in [-0.39, 0.29) is 5.91 Å². The fourth-order valence-electron chi connectivity index (χ4n) is 4.98. The molecule has 0 spiro atoms. The third-order valence-electron chi connectivity index (χ3n) is 6.72. The van der Waals surface area contributed by atoms with Crippen LogP contribution in [0.5, 0.6) is 0 Å². The van der Waals surface area contributed by atoms with E-state index in [2.05, 4.69) is 29.5 Å². The Morgan fingerprint density at radius 2 is 1.91 bits per heavy atom. The van der Waals surface area contributed by atoms with Crippen LogP contribution >= 0.6 is 0 Å². The first-order chi connectivity index (χ1) is 16.8. The summed E-state index contributed by atoms with van der Waals surface area (Å²) in [6.45, 7) is 11.7. The van der Waals surface area contributed by atoms with Crippen molar-refractivity contribution in [3.63, 3.8) is 0 Å². The number of ether oxygens (including phenoxy) is 2. The van der Waals surface area contributed by atoms with Gasteiger partial charge in [0.1, 0.15) is 11.3 Å². The number of allylic oxidation sites excluding steroid dienone is 1. The van der Waals surface area contributed by atoms with Gasteiger partial charge in [-0.2, -0.15) is 0 Å². The fraction of sp³-hybridized carbons (Fsp3) is 0.667. The Morgan fingerprint density at radius 1 is 1.17 bits per heavy atom. The van der Waals surface area contributed by atoms with Gasteiger partial charge >= 0.3 is 0 Å². The van der Waals surface area contributed by atoms with Crippen molar-refractivity contribution in [1.82, 2.24) is 19.4 Å². The number of carbonyl (C=O) groups excluding carboxylic acids is 1. The van der Waals surface area contributed by atoms with Gasteiger partial charge < -0.3 is 24.7 Å². The molecule has 0 unspecified atom stereocenters. The van der Waals surface area contributed by atoms with Gasteiger partial charge in [0.05, 0.1) is 5.52 Å². The number of amides is 1. The van der Waals surface area contributed by atoms with Crippen molar-refractivity contribution in [1.29, 1.82) is 0 Å². The Bertz CT molecular complexity index is 1020. The molecule has 0 bridgehead atoms. The van der Waals surface area contributed by atoms with Gasteiger partial charge in [0.25, 0.3) is 0 Å². The van der Waals surface area contributed by atoms with Gasteiger partial charge in [-0.15, -0.1) is 0 Å². The van der Waals surface area contributed by atoms with Crippen LogP contribution in [-0.4, -0.2) is 64.9 Å². The lowest BCUT2D eigenvalue weighted by molar-refractivity contribution is -0.133. The van der Waals surface area contributed by atoms with Gasteiger partial charge in [0, 0.05) is 70.7 Å². The SMILES string of the molecule is COCCCCc1nc2c(N)nc(C)c(C=C(C)C)c2n1CCCCN(C(C)=O)C1CCOCC1. The van der Waals surface area contributed by atoms with Gasteiger partial charge in [-0.3, -0.25) is 4.79 Å². The summed E-state index contributed by atoms with van der Waals surface area (Å²) in [7, 11) is 1.74. The lowest BCUT2D eigenvalue weighted by atomic mass is 10.1. The first kappa shape index (κ1) is 27.1. The number of nitrogen functional groups attached to an aromatic ring is 1. The Labute approximate surface area is 209 Å². The number of imidazole rings is 1. The molecule has 1 aliphatic heterocycles. The molecule has 194 valence electrons. The topological polar surface area (TPSA) is 95.5 Å². The van der Waals surface area contributed by atoms with Crippen molar-refractivity contribution in [2.75, 3.05) is 39.2 Å². The number of aryl methyl sites for hydroxylation is 3. The quantitative estimate of drug-likeness (QED) is 0.444. The highest BCUT2D eigenvalue weighted by Gasteiger charge is 2.23. The van der Waals surface area contributed by atoms with Gasteiger partial charge in [0.2, 0.25) is 5.91 Å². The summed E-state index contributed by atoms with van der Waals surface area (Å²) >= 11 is 0. The van der Waals surface area contributed by atoms with Crippen LogP contribution < -0.4 is 5.73 Å². The third-order valence-corrected chi connectivity index (χ3v) is 6.72. The molecule has 8 nitrogen and oxygen atoms in total. The second kappa shape index (κ2) is 13.0. The number of hydrogen-bond acceptors (Lipinski definition) is 6. The van der Waals surface area contributed by atoms with Gasteiger partial charge in [-0.25, -0.2) is 9.97 Å². The van der Waals surface area contributed by atoms with E-state index in [9.17, 15) is 4.79 Å². The molecule has 3 rings (SSSR count). The molecule has 0 atom stereocenters. The zero-order chi connectivity index (χ0) is 25.4. The Morgan fingerprint density at radius 3 is 2.57 bits per heavy atom. The van der Waals surface area contributed by atoms with E-state index in [4.69, 9.17) is 20.2 Å². The molecule has 2 aromatic rings. The van der Waals surface area contributed by atoms with Crippen molar-refractivity contribution in [3.05, 3.63) is 22.7 Å². The van der Waals surface area contributed by atoms with Crippen LogP contribution in [0, 0.1) is 6.92 Å². The highest BCUT2D eigenvalue weighted by molar-refractivity contribution is 5.93. The molecular formula is C27H43N5O3. The second-order valence-corrected chi connectivity index (χ2v) is 9.81. The maximum atomic E-state index is 12.3. The highest BCUT2D eigenvalue weighted by atomic mass is 16.5. The van der Waals surface area contributed by atoms with Crippen LogP contribution in [-0.2, 0) is 27.2 Å². The summed E-state index contributed by atoms with van der Waals surface area (Å²) in [5.74, 6) is 1.69. The molecule has 2 N–H and O–H groups in total.